The summed E-state index contributed by atoms with van der Waals surface area (Å²) in [5, 5.41) is 23.7. The van der Waals surface area contributed by atoms with Gasteiger partial charge < -0.3 is 10.4 Å². The molecule has 20 heavy (non-hydrogen) atoms. The molecular formula is C12H18N6O2. The van der Waals surface area contributed by atoms with E-state index >= 15 is 0 Å². The molecular weight excluding hydrogens is 260 g/mol. The molecule has 0 bridgehead atoms. The lowest BCUT2D eigenvalue weighted by Crippen LogP contribution is -2.20. The highest BCUT2D eigenvalue weighted by atomic mass is 16.4. The molecule has 0 amide bonds. The highest BCUT2D eigenvalue weighted by Crippen LogP contribution is 2.06. The van der Waals surface area contributed by atoms with E-state index in [2.05, 4.69) is 27.7 Å². The molecule has 0 fully saturated rings. The Kier molecular flexibility index (Phi) is 4.46. The molecule has 108 valence electrons. The number of aromatic nitrogens is 5. The summed E-state index contributed by atoms with van der Waals surface area (Å²) in [6.45, 7) is 4.06. The van der Waals surface area contributed by atoms with Crippen molar-refractivity contribution in [3.63, 3.8) is 0 Å². The lowest BCUT2D eigenvalue weighted by atomic mass is 10.2. The summed E-state index contributed by atoms with van der Waals surface area (Å²) in [5.41, 5.74) is 2.24. The van der Waals surface area contributed by atoms with Crippen LogP contribution >= 0.6 is 0 Å². The molecule has 0 aromatic carbocycles. The predicted octanol–water partition coefficient (Wildman–Crippen LogP) is 0.0620. The van der Waals surface area contributed by atoms with Gasteiger partial charge in [-0.05, 0) is 6.42 Å². The highest BCUT2D eigenvalue weighted by molar-refractivity contribution is 5.84. The maximum Gasteiger partial charge on any atom is 0.358 e. The minimum absolute atomic E-state index is 0.0365. The number of hydrogen-bond acceptors (Lipinski definition) is 5. The Morgan fingerprint density at radius 2 is 2.25 bits per heavy atom. The lowest BCUT2D eigenvalue weighted by molar-refractivity contribution is 0.0690. The van der Waals surface area contributed by atoms with E-state index in [9.17, 15) is 4.79 Å². The molecule has 8 heteroatoms. The van der Waals surface area contributed by atoms with Crippen LogP contribution in [-0.2, 0) is 26.6 Å². The van der Waals surface area contributed by atoms with Crippen LogP contribution in [0.3, 0.4) is 0 Å². The van der Waals surface area contributed by atoms with Gasteiger partial charge >= 0.3 is 5.97 Å². The van der Waals surface area contributed by atoms with Crippen molar-refractivity contribution >= 4 is 5.97 Å². The van der Waals surface area contributed by atoms with Crippen LogP contribution in [0.2, 0.25) is 0 Å². The van der Waals surface area contributed by atoms with Crippen LogP contribution in [0.4, 0.5) is 0 Å². The van der Waals surface area contributed by atoms with Gasteiger partial charge in [0.2, 0.25) is 0 Å². The third-order valence-corrected chi connectivity index (χ3v) is 2.92. The third kappa shape index (κ3) is 3.41. The van der Waals surface area contributed by atoms with Gasteiger partial charge in [0.25, 0.3) is 0 Å². The van der Waals surface area contributed by atoms with E-state index in [4.69, 9.17) is 5.11 Å². The summed E-state index contributed by atoms with van der Waals surface area (Å²) in [5.74, 6) is -1.06. The fourth-order valence-electron chi connectivity index (χ4n) is 1.95. The Hall–Kier alpha value is -2.22. The summed E-state index contributed by atoms with van der Waals surface area (Å²) >= 11 is 0. The smallest absolute Gasteiger partial charge is 0.358 e. The van der Waals surface area contributed by atoms with Crippen molar-refractivity contribution in [2.24, 2.45) is 7.05 Å². The number of rotatable bonds is 7. The summed E-state index contributed by atoms with van der Waals surface area (Å²) in [7, 11) is 1.91. The summed E-state index contributed by atoms with van der Waals surface area (Å²) < 4.78 is 3.33. The highest BCUT2D eigenvalue weighted by Gasteiger charge is 2.08. The van der Waals surface area contributed by atoms with Gasteiger partial charge in [-0.25, -0.2) is 4.79 Å². The van der Waals surface area contributed by atoms with Gasteiger partial charge in [-0.15, -0.1) is 5.10 Å². The number of carbonyl (C=O) groups is 1. The van der Waals surface area contributed by atoms with Crippen LogP contribution < -0.4 is 5.32 Å². The van der Waals surface area contributed by atoms with Crippen LogP contribution in [0, 0.1) is 0 Å². The molecule has 2 aromatic rings. The van der Waals surface area contributed by atoms with Crippen LogP contribution in [0.1, 0.15) is 28.7 Å². The van der Waals surface area contributed by atoms with E-state index in [1.54, 1.807) is 0 Å². The molecule has 0 unspecified atom stereocenters. The minimum Gasteiger partial charge on any atom is -0.476 e. The molecule has 2 aromatic heterocycles. The van der Waals surface area contributed by atoms with Gasteiger partial charge in [0, 0.05) is 31.9 Å². The first kappa shape index (κ1) is 14.2. The molecule has 0 saturated heterocycles. The van der Waals surface area contributed by atoms with Crippen molar-refractivity contribution in [1.29, 1.82) is 0 Å². The van der Waals surface area contributed by atoms with Crippen molar-refractivity contribution in [1.82, 2.24) is 30.1 Å². The zero-order chi connectivity index (χ0) is 14.5. The molecule has 0 spiro atoms. The van der Waals surface area contributed by atoms with Crippen LogP contribution in [-0.4, -0.2) is 42.4 Å². The number of carboxylic acid groups (broad SMARTS) is 1. The van der Waals surface area contributed by atoms with Crippen molar-refractivity contribution in [3.05, 3.63) is 29.3 Å². The first-order chi connectivity index (χ1) is 9.60. The van der Waals surface area contributed by atoms with E-state index < -0.39 is 5.97 Å². The number of nitrogens with one attached hydrogen (secondary N) is 1. The Morgan fingerprint density at radius 3 is 2.90 bits per heavy atom. The topological polar surface area (TPSA) is 97.9 Å². The van der Waals surface area contributed by atoms with Gasteiger partial charge in [-0.2, -0.15) is 5.10 Å². The third-order valence-electron chi connectivity index (χ3n) is 2.92. The average Bonchev–Trinajstić information content (AvgIpc) is 3.01. The summed E-state index contributed by atoms with van der Waals surface area (Å²) in [6, 6.07) is 0. The van der Waals surface area contributed by atoms with E-state index in [0.717, 1.165) is 18.7 Å². The number of nitrogens with zero attached hydrogens (tertiary/aromatic N) is 5. The molecule has 0 aliphatic heterocycles. The zero-order valence-electron chi connectivity index (χ0n) is 11.6. The maximum atomic E-state index is 10.7. The van der Waals surface area contributed by atoms with E-state index in [1.165, 1.54) is 16.4 Å². The number of aryl methyl sites for hydroxylation is 2. The van der Waals surface area contributed by atoms with E-state index in [1.807, 2.05) is 17.9 Å². The molecule has 2 rings (SSSR count). The number of hydrogen-bond donors (Lipinski definition) is 2. The Balaban J connectivity index is 1.79. The quantitative estimate of drug-likeness (QED) is 0.695. The minimum atomic E-state index is -1.06. The molecule has 0 aliphatic carbocycles. The van der Waals surface area contributed by atoms with E-state index in [-0.39, 0.29) is 5.69 Å². The summed E-state index contributed by atoms with van der Waals surface area (Å²) in [6.07, 6.45) is 4.33. The van der Waals surface area contributed by atoms with Crippen LogP contribution in [0.15, 0.2) is 12.4 Å². The zero-order valence-corrected chi connectivity index (χ0v) is 11.6. The van der Waals surface area contributed by atoms with Crippen molar-refractivity contribution < 1.29 is 9.90 Å². The Bertz CT molecular complexity index is 589. The normalized spacial score (nSPS) is 10.9. The fourth-order valence-corrected chi connectivity index (χ4v) is 1.95. The second kappa shape index (κ2) is 6.29. The SMILES string of the molecule is CCc1nn(C)cc1CNCCn1cc(C(=O)O)nn1. The number of aromatic carboxylic acids is 1. The van der Waals surface area contributed by atoms with Crippen molar-refractivity contribution in [2.75, 3.05) is 6.54 Å². The molecule has 0 aliphatic rings. The van der Waals surface area contributed by atoms with Crippen LogP contribution in [0.25, 0.3) is 0 Å². The fraction of sp³-hybridized carbons (Fsp3) is 0.500. The van der Waals surface area contributed by atoms with Crippen molar-refractivity contribution in [2.45, 2.75) is 26.4 Å². The Labute approximate surface area is 116 Å². The van der Waals surface area contributed by atoms with E-state index in [0.29, 0.717) is 13.1 Å². The lowest BCUT2D eigenvalue weighted by Gasteiger charge is -2.04. The van der Waals surface area contributed by atoms with Gasteiger partial charge in [0.1, 0.15) is 0 Å². The van der Waals surface area contributed by atoms with Gasteiger partial charge in [-0.3, -0.25) is 9.36 Å². The molecule has 2 N–H and O–H groups in total. The molecule has 0 radical (unpaired) electrons. The molecule has 0 atom stereocenters. The molecule has 8 nitrogen and oxygen atoms in total. The van der Waals surface area contributed by atoms with Crippen molar-refractivity contribution in [3.8, 4) is 0 Å². The second-order valence-corrected chi connectivity index (χ2v) is 4.48. The van der Waals surface area contributed by atoms with Gasteiger partial charge in [0.15, 0.2) is 5.69 Å². The average molecular weight is 278 g/mol. The summed E-state index contributed by atoms with van der Waals surface area (Å²) in [4.78, 5) is 10.7. The molecule has 0 saturated carbocycles. The Morgan fingerprint density at radius 1 is 1.45 bits per heavy atom. The second-order valence-electron chi connectivity index (χ2n) is 4.48. The van der Waals surface area contributed by atoms with Gasteiger partial charge in [-0.1, -0.05) is 12.1 Å². The van der Waals surface area contributed by atoms with Crippen LogP contribution in [0.5, 0.6) is 0 Å². The predicted molar refractivity (Wildman–Crippen MR) is 71.3 cm³/mol. The largest absolute Gasteiger partial charge is 0.476 e. The first-order valence-corrected chi connectivity index (χ1v) is 6.45. The first-order valence-electron chi connectivity index (χ1n) is 6.45. The van der Waals surface area contributed by atoms with Gasteiger partial charge in [0.05, 0.1) is 18.4 Å². The number of carboxylic acids is 1. The monoisotopic (exact) mass is 278 g/mol. The maximum absolute atomic E-state index is 10.7. The molecule has 2 heterocycles. The standard InChI is InChI=1S/C12H18N6O2/c1-3-10-9(7-17(2)15-10)6-13-4-5-18-8-11(12(19)20)14-16-18/h7-8,13H,3-6H2,1-2H3,(H,19,20).